The molecule has 1 rings (SSSR count). The fourth-order valence-electron chi connectivity index (χ4n) is 1.64. The third-order valence-corrected chi connectivity index (χ3v) is 3.53. The molecule has 0 saturated carbocycles. The van der Waals surface area contributed by atoms with E-state index in [0.29, 0.717) is 28.7 Å². The van der Waals surface area contributed by atoms with Crippen LogP contribution in [0.25, 0.3) is 0 Å². The minimum absolute atomic E-state index is 0.0628. The summed E-state index contributed by atoms with van der Waals surface area (Å²) in [6.45, 7) is 3.80. The van der Waals surface area contributed by atoms with Gasteiger partial charge in [0.25, 0.3) is 0 Å². The van der Waals surface area contributed by atoms with Gasteiger partial charge < -0.3 is 10.6 Å². The molecule has 0 unspecified atom stereocenters. The average molecular weight is 303 g/mol. The zero-order valence-electron chi connectivity index (χ0n) is 11.1. The number of unbranched alkanes of at least 4 members (excludes halogenated alkanes) is 2. The summed E-state index contributed by atoms with van der Waals surface area (Å²) in [6, 6.07) is 5.18. The van der Waals surface area contributed by atoms with Gasteiger partial charge in [0.15, 0.2) is 0 Å². The molecule has 0 aliphatic heterocycles. The Kier molecular flexibility index (Phi) is 7.87. The maximum Gasteiger partial charge on any atom is 0.225 e. The molecule has 0 fully saturated rings. The third kappa shape index (κ3) is 6.28. The Morgan fingerprint density at radius 2 is 2.00 bits per heavy atom. The predicted octanol–water partition coefficient (Wildman–Crippen LogP) is 4.10. The molecule has 0 radical (unpaired) electrons. The highest BCUT2D eigenvalue weighted by Crippen LogP contribution is 2.29. The molecule has 0 bridgehead atoms. The molecule has 0 saturated heterocycles. The monoisotopic (exact) mass is 302 g/mol. The van der Waals surface area contributed by atoms with Crippen LogP contribution in [0, 0.1) is 0 Å². The van der Waals surface area contributed by atoms with Gasteiger partial charge in [-0.05, 0) is 25.1 Å². The Morgan fingerprint density at radius 1 is 1.21 bits per heavy atom. The molecular weight excluding hydrogens is 283 g/mol. The fraction of sp³-hybridized carbons (Fsp3) is 0.500. The number of rotatable bonds is 8. The molecule has 0 spiro atoms. The maximum atomic E-state index is 11.7. The predicted molar refractivity (Wildman–Crippen MR) is 82.1 cm³/mol. The highest BCUT2D eigenvalue weighted by molar-refractivity contribution is 6.43. The van der Waals surface area contributed by atoms with E-state index in [1.54, 1.807) is 18.2 Å². The van der Waals surface area contributed by atoms with Crippen molar-refractivity contribution >= 4 is 34.8 Å². The van der Waals surface area contributed by atoms with Crippen LogP contribution in [0.5, 0.6) is 0 Å². The van der Waals surface area contributed by atoms with E-state index in [0.717, 1.165) is 13.0 Å². The van der Waals surface area contributed by atoms with Crippen molar-refractivity contribution in [1.82, 2.24) is 5.32 Å². The largest absolute Gasteiger partial charge is 0.325 e. The number of benzene rings is 1. The second-order valence-corrected chi connectivity index (χ2v) is 5.14. The molecule has 1 aromatic rings. The van der Waals surface area contributed by atoms with Crippen LogP contribution >= 0.6 is 23.2 Å². The SMILES string of the molecule is CCCCCNCCC(=O)Nc1cccc(Cl)c1Cl. The molecule has 1 aromatic carbocycles. The summed E-state index contributed by atoms with van der Waals surface area (Å²) in [5, 5.41) is 6.83. The molecule has 3 nitrogen and oxygen atoms in total. The van der Waals surface area contributed by atoms with Crippen LogP contribution in [0.15, 0.2) is 18.2 Å². The second-order valence-electron chi connectivity index (χ2n) is 4.36. The van der Waals surface area contributed by atoms with Gasteiger partial charge in [-0.25, -0.2) is 0 Å². The summed E-state index contributed by atoms with van der Waals surface area (Å²) < 4.78 is 0. The first-order chi connectivity index (χ1) is 9.15. The third-order valence-electron chi connectivity index (χ3n) is 2.71. The van der Waals surface area contributed by atoms with E-state index in [9.17, 15) is 4.79 Å². The standard InChI is InChI=1S/C14H20Cl2N2O/c1-2-3-4-9-17-10-8-13(19)18-12-7-5-6-11(15)14(12)16/h5-7,17H,2-4,8-10H2,1H3,(H,18,19). The Balaban J connectivity index is 2.26. The summed E-state index contributed by atoms with van der Waals surface area (Å²) in [4.78, 5) is 11.7. The van der Waals surface area contributed by atoms with E-state index < -0.39 is 0 Å². The quantitative estimate of drug-likeness (QED) is 0.710. The lowest BCUT2D eigenvalue weighted by Gasteiger charge is -2.08. The van der Waals surface area contributed by atoms with E-state index in [2.05, 4.69) is 17.6 Å². The van der Waals surface area contributed by atoms with E-state index in [1.807, 2.05) is 0 Å². The minimum Gasteiger partial charge on any atom is -0.325 e. The van der Waals surface area contributed by atoms with Gasteiger partial charge in [-0.1, -0.05) is 49.0 Å². The number of nitrogens with one attached hydrogen (secondary N) is 2. The van der Waals surface area contributed by atoms with Crippen LogP contribution in [-0.2, 0) is 4.79 Å². The zero-order chi connectivity index (χ0) is 14.1. The van der Waals surface area contributed by atoms with Crippen LogP contribution in [-0.4, -0.2) is 19.0 Å². The molecule has 0 heterocycles. The lowest BCUT2D eigenvalue weighted by Crippen LogP contribution is -2.22. The van der Waals surface area contributed by atoms with Crippen molar-refractivity contribution in [2.75, 3.05) is 18.4 Å². The molecule has 5 heteroatoms. The molecule has 0 atom stereocenters. The summed E-state index contributed by atoms with van der Waals surface area (Å²) in [7, 11) is 0. The number of halogens is 2. The Hall–Kier alpha value is -0.770. The first kappa shape index (κ1) is 16.3. The van der Waals surface area contributed by atoms with Crippen molar-refractivity contribution in [3.8, 4) is 0 Å². The van der Waals surface area contributed by atoms with E-state index in [-0.39, 0.29) is 5.91 Å². The van der Waals surface area contributed by atoms with Gasteiger partial charge in [0.05, 0.1) is 15.7 Å². The van der Waals surface area contributed by atoms with Crippen LogP contribution in [0.2, 0.25) is 10.0 Å². The average Bonchev–Trinajstić information content (AvgIpc) is 2.39. The van der Waals surface area contributed by atoms with Crippen molar-refractivity contribution in [2.24, 2.45) is 0 Å². The van der Waals surface area contributed by atoms with Crippen LogP contribution in [0.4, 0.5) is 5.69 Å². The van der Waals surface area contributed by atoms with Crippen molar-refractivity contribution < 1.29 is 4.79 Å². The van der Waals surface area contributed by atoms with Gasteiger partial charge in [0.2, 0.25) is 5.91 Å². The first-order valence-electron chi connectivity index (χ1n) is 6.59. The highest BCUT2D eigenvalue weighted by atomic mass is 35.5. The Morgan fingerprint density at radius 3 is 2.74 bits per heavy atom. The summed E-state index contributed by atoms with van der Waals surface area (Å²) in [6.07, 6.45) is 4.00. The lowest BCUT2D eigenvalue weighted by atomic mass is 10.2. The van der Waals surface area contributed by atoms with E-state index >= 15 is 0 Å². The molecule has 106 valence electrons. The number of amides is 1. The molecule has 1 amide bonds. The molecule has 19 heavy (non-hydrogen) atoms. The van der Waals surface area contributed by atoms with Crippen molar-refractivity contribution in [2.45, 2.75) is 32.6 Å². The van der Waals surface area contributed by atoms with Gasteiger partial charge in [-0.15, -0.1) is 0 Å². The number of anilines is 1. The summed E-state index contributed by atoms with van der Waals surface area (Å²) in [5.41, 5.74) is 0.560. The summed E-state index contributed by atoms with van der Waals surface area (Å²) in [5.74, 6) is -0.0628. The highest BCUT2D eigenvalue weighted by Gasteiger charge is 2.07. The van der Waals surface area contributed by atoms with Gasteiger partial charge in [0, 0.05) is 13.0 Å². The van der Waals surface area contributed by atoms with Crippen molar-refractivity contribution in [3.05, 3.63) is 28.2 Å². The number of hydrogen-bond acceptors (Lipinski definition) is 2. The van der Waals surface area contributed by atoms with Crippen molar-refractivity contribution in [1.29, 1.82) is 0 Å². The van der Waals surface area contributed by atoms with Crippen LogP contribution in [0.1, 0.15) is 32.6 Å². The Bertz CT molecular complexity index is 410. The smallest absolute Gasteiger partial charge is 0.225 e. The molecule has 0 aromatic heterocycles. The Labute approximate surface area is 124 Å². The van der Waals surface area contributed by atoms with E-state index in [1.165, 1.54) is 12.8 Å². The summed E-state index contributed by atoms with van der Waals surface area (Å²) >= 11 is 11.9. The van der Waals surface area contributed by atoms with Crippen LogP contribution in [0.3, 0.4) is 0 Å². The second kappa shape index (κ2) is 9.18. The molecular formula is C14H20Cl2N2O. The number of carbonyl (C=O) groups excluding carboxylic acids is 1. The topological polar surface area (TPSA) is 41.1 Å². The van der Waals surface area contributed by atoms with Crippen molar-refractivity contribution in [3.63, 3.8) is 0 Å². The maximum absolute atomic E-state index is 11.7. The zero-order valence-corrected chi connectivity index (χ0v) is 12.7. The molecule has 0 aliphatic rings. The first-order valence-corrected chi connectivity index (χ1v) is 7.35. The van der Waals surface area contributed by atoms with Gasteiger partial charge in [0.1, 0.15) is 0 Å². The minimum atomic E-state index is -0.0628. The molecule has 0 aliphatic carbocycles. The molecule has 2 N–H and O–H groups in total. The lowest BCUT2D eigenvalue weighted by molar-refractivity contribution is -0.116. The van der Waals surface area contributed by atoms with E-state index in [4.69, 9.17) is 23.2 Å². The van der Waals surface area contributed by atoms with Gasteiger partial charge >= 0.3 is 0 Å². The fourth-order valence-corrected chi connectivity index (χ4v) is 1.99. The normalized spacial score (nSPS) is 10.5. The van der Waals surface area contributed by atoms with Crippen LogP contribution < -0.4 is 10.6 Å². The van der Waals surface area contributed by atoms with Gasteiger partial charge in [-0.2, -0.15) is 0 Å². The van der Waals surface area contributed by atoms with Gasteiger partial charge in [-0.3, -0.25) is 4.79 Å². The number of hydrogen-bond donors (Lipinski definition) is 2. The number of carbonyl (C=O) groups is 1.